The van der Waals surface area contributed by atoms with Crippen LogP contribution in [0.2, 0.25) is 0 Å². The lowest BCUT2D eigenvalue weighted by molar-refractivity contribution is -0.172. The zero-order valence-electron chi connectivity index (χ0n) is 14.1. The summed E-state index contributed by atoms with van der Waals surface area (Å²) in [6, 6.07) is 0.310. The lowest BCUT2D eigenvalue weighted by atomic mass is 9.55. The predicted molar refractivity (Wildman–Crippen MR) is 84.0 cm³/mol. The van der Waals surface area contributed by atoms with Crippen molar-refractivity contribution in [3.05, 3.63) is 0 Å². The second kappa shape index (κ2) is 4.97. The Labute approximate surface area is 129 Å². The first-order valence-electron chi connectivity index (χ1n) is 8.80. The van der Waals surface area contributed by atoms with Gasteiger partial charge in [-0.15, -0.1) is 0 Å². The van der Waals surface area contributed by atoms with Crippen LogP contribution in [0.4, 0.5) is 0 Å². The first-order chi connectivity index (χ1) is 9.80. The molecule has 0 aromatic rings. The Kier molecular flexibility index (Phi) is 3.63. The maximum absolute atomic E-state index is 11.9. The van der Waals surface area contributed by atoms with Crippen LogP contribution >= 0.6 is 0 Å². The van der Waals surface area contributed by atoms with Crippen molar-refractivity contribution >= 4 is 5.91 Å². The van der Waals surface area contributed by atoms with E-state index in [0.29, 0.717) is 23.8 Å². The van der Waals surface area contributed by atoms with E-state index in [0.717, 1.165) is 19.3 Å². The molecule has 3 fully saturated rings. The number of carbonyl (C=O) groups is 1. The highest BCUT2D eigenvalue weighted by molar-refractivity contribution is 5.76. The van der Waals surface area contributed by atoms with Crippen LogP contribution in [-0.2, 0) is 9.53 Å². The molecule has 0 aromatic carbocycles. The molecule has 3 aliphatic rings. The zero-order valence-corrected chi connectivity index (χ0v) is 14.1. The molecule has 1 unspecified atom stereocenters. The fraction of sp³-hybridized carbons (Fsp3) is 0.944. The Hall–Kier alpha value is -0.570. The van der Waals surface area contributed by atoms with Crippen molar-refractivity contribution in [2.24, 2.45) is 11.3 Å². The molecule has 3 nitrogen and oxygen atoms in total. The van der Waals surface area contributed by atoms with Crippen LogP contribution in [0.1, 0.15) is 79.1 Å². The molecule has 1 amide bonds. The van der Waals surface area contributed by atoms with Gasteiger partial charge in [-0.25, -0.2) is 0 Å². The molecular weight excluding hydrogens is 262 g/mol. The standard InChI is InChI=1S/C18H31NO2/c1-5-6-15(20)19-14-8-10-17(4)9-7-13-11-18(17,12-14)21-16(13,2)3/h13-14H,5-12H2,1-4H3,(H,19,20)/t13?,14-,17+,18-/m0/s1. The average molecular weight is 293 g/mol. The number of nitrogens with one attached hydrogen (secondary N) is 1. The largest absolute Gasteiger partial charge is 0.368 e. The van der Waals surface area contributed by atoms with E-state index in [1.54, 1.807) is 0 Å². The van der Waals surface area contributed by atoms with Crippen LogP contribution in [0.25, 0.3) is 0 Å². The second-order valence-corrected chi connectivity index (χ2v) is 8.46. The van der Waals surface area contributed by atoms with E-state index in [-0.39, 0.29) is 17.1 Å². The third-order valence-corrected chi connectivity index (χ3v) is 6.63. The minimum atomic E-state index is 0.00181. The van der Waals surface area contributed by atoms with Crippen molar-refractivity contribution in [2.75, 3.05) is 0 Å². The third kappa shape index (κ3) is 2.42. The molecule has 1 aliphatic heterocycles. The molecule has 1 spiro atoms. The second-order valence-electron chi connectivity index (χ2n) is 8.46. The lowest BCUT2D eigenvalue weighted by Gasteiger charge is -2.54. The SMILES string of the molecule is CCCC(=O)N[C@H]1CC[C@@]2(C)CCC3C[C@@]2(C1)OC3(C)C. The normalized spacial score (nSPS) is 44.2. The Morgan fingerprint density at radius 2 is 1.90 bits per heavy atom. The van der Waals surface area contributed by atoms with Crippen LogP contribution in [0.3, 0.4) is 0 Å². The Balaban J connectivity index is 1.76. The molecular formula is C18H31NO2. The number of hydrogen-bond donors (Lipinski definition) is 1. The average Bonchev–Trinajstić information content (AvgIpc) is 2.60. The topological polar surface area (TPSA) is 38.3 Å². The summed E-state index contributed by atoms with van der Waals surface area (Å²) in [6.45, 7) is 9.01. The smallest absolute Gasteiger partial charge is 0.220 e. The van der Waals surface area contributed by atoms with Gasteiger partial charge in [-0.2, -0.15) is 0 Å². The summed E-state index contributed by atoms with van der Waals surface area (Å²) in [4.78, 5) is 11.9. The maximum Gasteiger partial charge on any atom is 0.220 e. The highest BCUT2D eigenvalue weighted by Crippen LogP contribution is 2.63. The molecule has 21 heavy (non-hydrogen) atoms. The van der Waals surface area contributed by atoms with E-state index in [1.165, 1.54) is 25.7 Å². The Bertz CT molecular complexity index is 433. The van der Waals surface area contributed by atoms with Gasteiger partial charge < -0.3 is 10.1 Å². The Morgan fingerprint density at radius 3 is 2.62 bits per heavy atom. The number of rotatable bonds is 3. The van der Waals surface area contributed by atoms with Gasteiger partial charge in [0.2, 0.25) is 5.91 Å². The van der Waals surface area contributed by atoms with Gasteiger partial charge in [-0.05, 0) is 70.1 Å². The van der Waals surface area contributed by atoms with Crippen molar-refractivity contribution < 1.29 is 9.53 Å². The molecule has 120 valence electrons. The molecule has 0 aromatic heterocycles. The van der Waals surface area contributed by atoms with E-state index >= 15 is 0 Å². The van der Waals surface area contributed by atoms with Gasteiger partial charge in [0.05, 0.1) is 11.2 Å². The summed E-state index contributed by atoms with van der Waals surface area (Å²) in [6.07, 6.45) is 8.67. The molecule has 2 bridgehead atoms. The number of fused-ring (bicyclic) bond motifs is 1. The lowest BCUT2D eigenvalue weighted by Crippen LogP contribution is -2.57. The fourth-order valence-corrected chi connectivity index (χ4v) is 5.18. The summed E-state index contributed by atoms with van der Waals surface area (Å²) < 4.78 is 6.69. The number of hydrogen-bond acceptors (Lipinski definition) is 2. The third-order valence-electron chi connectivity index (χ3n) is 6.63. The number of ether oxygens (including phenoxy) is 1. The van der Waals surface area contributed by atoms with E-state index in [4.69, 9.17) is 4.74 Å². The maximum atomic E-state index is 11.9. The summed E-state index contributed by atoms with van der Waals surface area (Å²) in [5.74, 6) is 0.905. The predicted octanol–water partition coefficient (Wildman–Crippen LogP) is 3.81. The van der Waals surface area contributed by atoms with Crippen molar-refractivity contribution in [2.45, 2.75) is 96.3 Å². The summed E-state index contributed by atoms with van der Waals surface area (Å²) in [7, 11) is 0. The Morgan fingerprint density at radius 1 is 1.19 bits per heavy atom. The fourth-order valence-electron chi connectivity index (χ4n) is 5.18. The van der Waals surface area contributed by atoms with Gasteiger partial charge >= 0.3 is 0 Å². The molecule has 1 saturated heterocycles. The van der Waals surface area contributed by atoms with Crippen LogP contribution in [0, 0.1) is 11.3 Å². The van der Waals surface area contributed by atoms with Crippen LogP contribution < -0.4 is 5.32 Å². The zero-order chi connectivity index (χ0) is 15.3. The summed E-state index contributed by atoms with van der Waals surface area (Å²) in [5, 5.41) is 3.26. The molecule has 3 heteroatoms. The van der Waals surface area contributed by atoms with E-state index in [1.807, 2.05) is 0 Å². The van der Waals surface area contributed by atoms with Crippen LogP contribution in [0.5, 0.6) is 0 Å². The molecule has 3 rings (SSSR count). The highest BCUT2D eigenvalue weighted by atomic mass is 16.5. The van der Waals surface area contributed by atoms with Gasteiger partial charge in [-0.1, -0.05) is 13.8 Å². The van der Waals surface area contributed by atoms with Crippen LogP contribution in [0.15, 0.2) is 0 Å². The first kappa shape index (κ1) is 15.3. The molecule has 2 aliphatic carbocycles. The van der Waals surface area contributed by atoms with E-state index < -0.39 is 0 Å². The van der Waals surface area contributed by atoms with E-state index in [9.17, 15) is 4.79 Å². The van der Waals surface area contributed by atoms with Crippen molar-refractivity contribution in [3.8, 4) is 0 Å². The van der Waals surface area contributed by atoms with Gasteiger partial charge in [-0.3, -0.25) is 4.79 Å². The van der Waals surface area contributed by atoms with Crippen molar-refractivity contribution in [1.82, 2.24) is 5.32 Å². The highest BCUT2D eigenvalue weighted by Gasteiger charge is 2.64. The monoisotopic (exact) mass is 293 g/mol. The molecule has 1 heterocycles. The van der Waals surface area contributed by atoms with Crippen molar-refractivity contribution in [1.29, 1.82) is 0 Å². The first-order valence-corrected chi connectivity index (χ1v) is 8.80. The minimum Gasteiger partial charge on any atom is -0.368 e. The summed E-state index contributed by atoms with van der Waals surface area (Å²) >= 11 is 0. The molecule has 4 atom stereocenters. The van der Waals surface area contributed by atoms with E-state index in [2.05, 4.69) is 33.0 Å². The quantitative estimate of drug-likeness (QED) is 0.859. The van der Waals surface area contributed by atoms with Crippen LogP contribution in [-0.4, -0.2) is 23.2 Å². The van der Waals surface area contributed by atoms with Gasteiger partial charge in [0.1, 0.15) is 0 Å². The summed E-state index contributed by atoms with van der Waals surface area (Å²) in [5.41, 5.74) is 0.318. The minimum absolute atomic E-state index is 0.00181. The molecule has 1 N–H and O–H groups in total. The molecule has 0 radical (unpaired) electrons. The van der Waals surface area contributed by atoms with Gasteiger partial charge in [0.25, 0.3) is 0 Å². The van der Waals surface area contributed by atoms with Gasteiger partial charge in [0.15, 0.2) is 0 Å². The van der Waals surface area contributed by atoms with Gasteiger partial charge in [0, 0.05) is 12.5 Å². The van der Waals surface area contributed by atoms with Crippen molar-refractivity contribution in [3.63, 3.8) is 0 Å². The number of carbonyl (C=O) groups excluding carboxylic acids is 1. The number of amides is 1. The molecule has 2 saturated carbocycles.